The van der Waals surface area contributed by atoms with Crippen LogP contribution in [-0.2, 0) is 28.6 Å². The quantitative estimate of drug-likeness (QED) is 0.261. The number of esters is 2. The van der Waals surface area contributed by atoms with Gasteiger partial charge in [0, 0.05) is 4.90 Å². The molecule has 1 saturated heterocycles. The van der Waals surface area contributed by atoms with Crippen molar-refractivity contribution in [1.29, 1.82) is 0 Å². The summed E-state index contributed by atoms with van der Waals surface area (Å²) in [4.78, 5) is 29.9. The summed E-state index contributed by atoms with van der Waals surface area (Å²) in [5, 5.41) is 12.6. The molecule has 0 bridgehead atoms. The number of carbonyl (C=O) groups excluding carboxylic acids is 2. The van der Waals surface area contributed by atoms with Crippen LogP contribution in [-0.4, -0.2) is 47.7 Å². The highest BCUT2D eigenvalue weighted by Crippen LogP contribution is 2.38. The molecule has 0 N–H and O–H groups in total. The number of nitrogens with zero attached hydrogens (tertiary/aromatic N) is 1. The number of hydrogen-bond donors (Lipinski definition) is 0. The van der Waals surface area contributed by atoms with Gasteiger partial charge in [0.05, 0.1) is 25.2 Å². The predicted molar refractivity (Wildman–Crippen MR) is 106 cm³/mol. The maximum Gasteiger partial charge on any atom is 0.405 e. The Labute approximate surface area is 173 Å². The highest BCUT2D eigenvalue weighted by atomic mass is 16.9. The van der Waals surface area contributed by atoms with Gasteiger partial charge in [-0.15, -0.1) is 0 Å². The lowest BCUT2D eigenvalue weighted by Crippen LogP contribution is -2.43. The highest BCUT2D eigenvalue weighted by molar-refractivity contribution is 6.35. The van der Waals surface area contributed by atoms with Crippen LogP contribution in [0.3, 0.4) is 0 Å². The predicted octanol–water partition coefficient (Wildman–Crippen LogP) is 3.21. The highest BCUT2D eigenvalue weighted by Gasteiger charge is 2.50. The van der Waals surface area contributed by atoms with E-state index in [4.69, 9.17) is 19.0 Å². The van der Waals surface area contributed by atoms with Gasteiger partial charge in [-0.05, 0) is 51.4 Å². The third-order valence-electron chi connectivity index (χ3n) is 5.57. The van der Waals surface area contributed by atoms with Gasteiger partial charge in [0.2, 0.25) is 6.29 Å². The van der Waals surface area contributed by atoms with Crippen molar-refractivity contribution < 1.29 is 33.5 Å². The Kier molecular flexibility index (Phi) is 8.31. The molecule has 2 fully saturated rings. The van der Waals surface area contributed by atoms with E-state index in [0.717, 1.165) is 19.3 Å². The normalized spacial score (nSPS) is 30.9. The monoisotopic (exact) mass is 413 g/mol. The van der Waals surface area contributed by atoms with E-state index in [1.54, 1.807) is 20.8 Å². The molecule has 1 aliphatic heterocycles. The van der Waals surface area contributed by atoms with E-state index < -0.39 is 30.3 Å². The molecule has 0 radical (unpaired) electrons. The average Bonchev–Trinajstić information content (AvgIpc) is 2.94. The van der Waals surface area contributed by atoms with Gasteiger partial charge in [-0.3, -0.25) is 10.0 Å². The second-order valence-corrected chi connectivity index (χ2v) is 8.69. The second kappa shape index (κ2) is 10.3. The zero-order valence-electron chi connectivity index (χ0n) is 18.4. The van der Waals surface area contributed by atoms with Gasteiger partial charge in [0.15, 0.2) is 0 Å². The summed E-state index contributed by atoms with van der Waals surface area (Å²) < 4.78 is 16.7. The van der Waals surface area contributed by atoms with Crippen molar-refractivity contribution >= 4 is 17.7 Å². The van der Waals surface area contributed by atoms with Gasteiger partial charge in [0.1, 0.15) is 5.92 Å². The molecule has 2 aliphatic rings. The van der Waals surface area contributed by atoms with Crippen LogP contribution in [0.15, 0.2) is 0 Å². The van der Waals surface area contributed by atoms with E-state index in [-0.39, 0.29) is 29.7 Å². The van der Waals surface area contributed by atoms with Crippen LogP contribution in [0.5, 0.6) is 0 Å². The van der Waals surface area contributed by atoms with Crippen molar-refractivity contribution in [3.63, 3.8) is 0 Å². The Morgan fingerprint density at radius 1 is 1.28 bits per heavy atom. The molecule has 5 atom stereocenters. The topological polar surface area (TPSA) is 97.1 Å². The molecular formula is C21H35NO7. The van der Waals surface area contributed by atoms with E-state index in [2.05, 4.69) is 20.8 Å². The first-order valence-electron chi connectivity index (χ1n) is 10.7. The Morgan fingerprint density at radius 2 is 1.97 bits per heavy atom. The third-order valence-corrected chi connectivity index (χ3v) is 5.57. The molecule has 1 saturated carbocycles. The largest absolute Gasteiger partial charge is 0.458 e. The first-order valence-corrected chi connectivity index (χ1v) is 10.7. The Hall–Kier alpha value is -1.83. The maximum atomic E-state index is 12.6. The molecule has 0 spiro atoms. The SMILES string of the molecule is CCOC(=O)/C([C@@H]1CC(=O)O[C@H]1O[C@@H]1C[C@H](C)CC[C@H]1C(C)C)=[N+](/[O-])OC(C)C. The Bertz CT molecular complexity index is 616. The molecule has 0 aromatic carbocycles. The van der Waals surface area contributed by atoms with Gasteiger partial charge >= 0.3 is 17.7 Å². The van der Waals surface area contributed by atoms with Crippen molar-refractivity contribution in [2.24, 2.45) is 23.7 Å². The van der Waals surface area contributed by atoms with Gasteiger partial charge in [0.25, 0.3) is 0 Å². The van der Waals surface area contributed by atoms with Crippen LogP contribution in [0.25, 0.3) is 0 Å². The molecule has 8 nitrogen and oxygen atoms in total. The van der Waals surface area contributed by atoms with Crippen molar-refractivity contribution in [2.75, 3.05) is 6.61 Å². The van der Waals surface area contributed by atoms with Crippen LogP contribution in [0, 0.1) is 28.9 Å². The number of ether oxygens (including phenoxy) is 3. The molecule has 2 rings (SSSR count). The molecule has 0 aromatic rings. The summed E-state index contributed by atoms with van der Waals surface area (Å²) in [7, 11) is 0. The smallest absolute Gasteiger partial charge is 0.405 e. The molecule has 8 heteroatoms. The summed E-state index contributed by atoms with van der Waals surface area (Å²) in [6.07, 6.45) is 1.33. The summed E-state index contributed by atoms with van der Waals surface area (Å²) in [6.45, 7) is 11.6. The van der Waals surface area contributed by atoms with Crippen molar-refractivity contribution in [1.82, 2.24) is 0 Å². The van der Waals surface area contributed by atoms with Gasteiger partial charge < -0.3 is 19.0 Å². The zero-order chi connectivity index (χ0) is 21.7. The molecule has 1 aliphatic carbocycles. The Balaban J connectivity index is 2.30. The minimum Gasteiger partial charge on any atom is -0.458 e. The second-order valence-electron chi connectivity index (χ2n) is 8.69. The van der Waals surface area contributed by atoms with Gasteiger partial charge in [-0.2, -0.15) is 0 Å². The van der Waals surface area contributed by atoms with E-state index in [1.165, 1.54) is 0 Å². The number of carbonyl (C=O) groups is 2. The molecule has 0 unspecified atom stereocenters. The van der Waals surface area contributed by atoms with Crippen LogP contribution in [0.2, 0.25) is 0 Å². The first-order chi connectivity index (χ1) is 13.6. The van der Waals surface area contributed by atoms with Crippen molar-refractivity contribution in [3.8, 4) is 0 Å². The standard InChI is InChI=1S/C21H35NO7/c1-7-26-20(24)19(22(25)29-13(4)5)16-11-18(23)28-21(16)27-17-10-14(6)8-9-15(17)12(2)3/h12-17,21H,7-11H2,1-6H3/b22-19-/t14-,15+,16+,17-,21-/m1/s1. The fraction of sp³-hybridized carbons (Fsp3) is 0.857. The van der Waals surface area contributed by atoms with Crippen molar-refractivity contribution in [2.45, 2.75) is 85.7 Å². The summed E-state index contributed by atoms with van der Waals surface area (Å²) >= 11 is 0. The molecule has 0 amide bonds. The van der Waals surface area contributed by atoms with Crippen LogP contribution < -0.4 is 0 Å². The lowest BCUT2D eigenvalue weighted by molar-refractivity contribution is -0.751. The molecule has 1 heterocycles. The minimum absolute atomic E-state index is 0.0977. The van der Waals surface area contributed by atoms with E-state index in [0.29, 0.717) is 17.8 Å². The van der Waals surface area contributed by atoms with E-state index in [1.807, 2.05) is 0 Å². The third kappa shape index (κ3) is 6.07. The summed E-state index contributed by atoms with van der Waals surface area (Å²) in [5.41, 5.74) is -0.290. The number of cyclic esters (lactones) is 1. The first kappa shape index (κ1) is 23.4. The fourth-order valence-corrected chi connectivity index (χ4v) is 4.14. The van der Waals surface area contributed by atoms with Gasteiger partial charge in [-0.1, -0.05) is 27.2 Å². The molecule has 29 heavy (non-hydrogen) atoms. The van der Waals surface area contributed by atoms with E-state index in [9.17, 15) is 14.8 Å². The van der Waals surface area contributed by atoms with Crippen LogP contribution in [0.4, 0.5) is 0 Å². The average molecular weight is 414 g/mol. The zero-order valence-corrected chi connectivity index (χ0v) is 18.4. The summed E-state index contributed by atoms with van der Waals surface area (Å²) in [6, 6.07) is 0. The van der Waals surface area contributed by atoms with Crippen LogP contribution >= 0.6 is 0 Å². The number of hydrogen-bond acceptors (Lipinski definition) is 7. The summed E-state index contributed by atoms with van der Waals surface area (Å²) in [5.74, 6) is -0.964. The maximum absolute atomic E-state index is 12.6. The fourth-order valence-electron chi connectivity index (χ4n) is 4.14. The minimum atomic E-state index is -1.01. The molecule has 166 valence electrons. The molecule has 0 aromatic heterocycles. The van der Waals surface area contributed by atoms with Crippen LogP contribution in [0.1, 0.15) is 67.2 Å². The van der Waals surface area contributed by atoms with E-state index >= 15 is 0 Å². The number of rotatable bonds is 8. The lowest BCUT2D eigenvalue weighted by atomic mass is 9.75. The van der Waals surface area contributed by atoms with Crippen molar-refractivity contribution in [3.05, 3.63) is 5.21 Å². The van der Waals surface area contributed by atoms with Gasteiger partial charge in [-0.25, -0.2) is 4.79 Å². The Morgan fingerprint density at radius 3 is 2.55 bits per heavy atom. The molecular weight excluding hydrogens is 378 g/mol. The lowest BCUT2D eigenvalue weighted by Gasteiger charge is -2.38.